The highest BCUT2D eigenvalue weighted by Gasteiger charge is 2.60. The summed E-state index contributed by atoms with van der Waals surface area (Å²) in [5.74, 6) is 1.73. The summed E-state index contributed by atoms with van der Waals surface area (Å²) in [6.45, 7) is 6.24. The Bertz CT molecular complexity index is 736. The van der Waals surface area contributed by atoms with Crippen molar-refractivity contribution in [1.82, 2.24) is 5.32 Å². The Labute approximate surface area is 155 Å². The first-order valence-electron chi connectivity index (χ1n) is 10.1. The average molecular weight is 355 g/mol. The quantitative estimate of drug-likeness (QED) is 0.826. The summed E-state index contributed by atoms with van der Waals surface area (Å²) in [6.07, 6.45) is 10.5. The van der Waals surface area contributed by atoms with Crippen molar-refractivity contribution >= 4 is 17.5 Å². The molecule has 3 fully saturated rings. The normalized spacial score (nSPS) is 44.0. The Hall–Kier alpha value is -1.71. The number of amides is 1. The lowest BCUT2D eigenvalue weighted by Gasteiger charge is -2.57. The first kappa shape index (κ1) is 17.7. The van der Waals surface area contributed by atoms with Crippen LogP contribution in [0.1, 0.15) is 59.3 Å². The van der Waals surface area contributed by atoms with Crippen molar-refractivity contribution in [2.24, 2.45) is 28.6 Å². The number of fused-ring (bicyclic) bond motifs is 5. The average Bonchev–Trinajstić information content (AvgIpc) is 2.91. The van der Waals surface area contributed by atoms with Crippen LogP contribution in [-0.2, 0) is 14.4 Å². The minimum atomic E-state index is -0.199. The van der Waals surface area contributed by atoms with Crippen molar-refractivity contribution in [3.63, 3.8) is 0 Å². The summed E-state index contributed by atoms with van der Waals surface area (Å²) in [6, 6.07) is -0.0966. The van der Waals surface area contributed by atoms with Gasteiger partial charge in [0.25, 0.3) is 0 Å². The van der Waals surface area contributed by atoms with Crippen LogP contribution in [0.5, 0.6) is 0 Å². The molecule has 140 valence electrons. The highest BCUT2D eigenvalue weighted by atomic mass is 16.1. The van der Waals surface area contributed by atoms with Crippen molar-refractivity contribution in [2.75, 3.05) is 0 Å². The number of nitrogens with one attached hydrogen (secondary N) is 1. The van der Waals surface area contributed by atoms with Gasteiger partial charge < -0.3 is 5.32 Å². The molecule has 26 heavy (non-hydrogen) atoms. The summed E-state index contributed by atoms with van der Waals surface area (Å²) in [7, 11) is 0. The third-order valence-corrected chi connectivity index (χ3v) is 7.97. The maximum absolute atomic E-state index is 12.6. The molecule has 0 aliphatic heterocycles. The molecule has 0 saturated heterocycles. The van der Waals surface area contributed by atoms with Gasteiger partial charge in [-0.3, -0.25) is 14.4 Å². The summed E-state index contributed by atoms with van der Waals surface area (Å²) in [5, 5.41) is 3.17. The van der Waals surface area contributed by atoms with Crippen LogP contribution in [-0.4, -0.2) is 23.5 Å². The molecule has 3 saturated carbocycles. The first-order chi connectivity index (χ1) is 12.3. The monoisotopic (exact) mass is 355 g/mol. The standard InChI is InChI=1S/C22H29NO3/c1-4-20(26)23-18-12-14-15-5-6-19(25)22(15,3)10-8-16(14)21(2)9-7-13(24)11-17(18)21/h7,9,11,14-16,18H,4-6,8,10,12H2,1-3H3,(H,23,26)/t14-,15-,16-,18+,21+,22-/m0/s1. The summed E-state index contributed by atoms with van der Waals surface area (Å²) >= 11 is 0. The largest absolute Gasteiger partial charge is 0.350 e. The maximum atomic E-state index is 12.6. The van der Waals surface area contributed by atoms with Crippen LogP contribution in [0.25, 0.3) is 0 Å². The third-order valence-electron chi connectivity index (χ3n) is 7.97. The van der Waals surface area contributed by atoms with Crippen LogP contribution >= 0.6 is 0 Å². The summed E-state index contributed by atoms with van der Waals surface area (Å²) in [5.41, 5.74) is 0.683. The molecule has 0 bridgehead atoms. The molecule has 0 aromatic carbocycles. The molecule has 0 unspecified atom stereocenters. The van der Waals surface area contributed by atoms with Crippen molar-refractivity contribution in [1.29, 1.82) is 0 Å². The molecule has 4 heteroatoms. The molecule has 0 radical (unpaired) electrons. The van der Waals surface area contributed by atoms with Gasteiger partial charge in [0.1, 0.15) is 5.78 Å². The predicted octanol–water partition coefficient (Wildman–Crippen LogP) is 3.37. The van der Waals surface area contributed by atoms with Gasteiger partial charge in [0, 0.05) is 23.7 Å². The van der Waals surface area contributed by atoms with Gasteiger partial charge in [-0.25, -0.2) is 0 Å². The van der Waals surface area contributed by atoms with Crippen LogP contribution < -0.4 is 5.32 Å². The van der Waals surface area contributed by atoms with Gasteiger partial charge in [0.15, 0.2) is 5.78 Å². The fourth-order valence-electron chi connectivity index (χ4n) is 6.49. The van der Waals surface area contributed by atoms with Gasteiger partial charge in [-0.2, -0.15) is 0 Å². The van der Waals surface area contributed by atoms with Gasteiger partial charge in [-0.05, 0) is 61.2 Å². The zero-order valence-electron chi connectivity index (χ0n) is 16.0. The van der Waals surface area contributed by atoms with Crippen molar-refractivity contribution in [3.8, 4) is 0 Å². The number of carbonyl (C=O) groups excluding carboxylic acids is 3. The van der Waals surface area contributed by atoms with Gasteiger partial charge >= 0.3 is 0 Å². The molecule has 0 aromatic heterocycles. The molecule has 1 N–H and O–H groups in total. The Morgan fingerprint density at radius 3 is 2.73 bits per heavy atom. The number of Topliss-reactive ketones (excluding diaryl/α,β-unsaturated/α-hetero) is 1. The van der Waals surface area contributed by atoms with Gasteiger partial charge in [0.2, 0.25) is 5.91 Å². The molecule has 4 rings (SSSR count). The van der Waals surface area contributed by atoms with Crippen LogP contribution in [0.15, 0.2) is 23.8 Å². The van der Waals surface area contributed by atoms with E-state index in [1.807, 2.05) is 6.92 Å². The molecule has 6 atom stereocenters. The second-order valence-electron chi connectivity index (χ2n) is 9.12. The Balaban J connectivity index is 1.74. The smallest absolute Gasteiger partial charge is 0.220 e. The van der Waals surface area contributed by atoms with Crippen LogP contribution in [0.2, 0.25) is 0 Å². The van der Waals surface area contributed by atoms with E-state index in [4.69, 9.17) is 0 Å². The molecule has 4 aliphatic carbocycles. The SMILES string of the molecule is CCC(=O)N[C@@H]1C[C@@H]2[C@H](CC[C@]3(C)C(=O)CC[C@@H]23)[C@@]2(C)C=CC(=O)C=C12. The summed E-state index contributed by atoms with van der Waals surface area (Å²) in [4.78, 5) is 36.8. The Morgan fingerprint density at radius 2 is 2.00 bits per heavy atom. The Morgan fingerprint density at radius 1 is 1.23 bits per heavy atom. The van der Waals surface area contributed by atoms with Crippen molar-refractivity contribution in [2.45, 2.75) is 65.3 Å². The lowest BCUT2D eigenvalue weighted by Crippen LogP contribution is -2.56. The fraction of sp³-hybridized carbons (Fsp3) is 0.682. The summed E-state index contributed by atoms with van der Waals surface area (Å²) < 4.78 is 0. The number of hydrogen-bond donors (Lipinski definition) is 1. The predicted molar refractivity (Wildman–Crippen MR) is 99.2 cm³/mol. The minimum Gasteiger partial charge on any atom is -0.350 e. The zero-order chi connectivity index (χ0) is 18.7. The molecule has 0 aromatic rings. The van der Waals surface area contributed by atoms with E-state index in [0.29, 0.717) is 36.4 Å². The molecule has 4 aliphatic rings. The molecule has 0 heterocycles. The van der Waals surface area contributed by atoms with Crippen LogP contribution in [0.4, 0.5) is 0 Å². The second kappa shape index (κ2) is 5.90. The van der Waals surface area contributed by atoms with Gasteiger partial charge in [-0.15, -0.1) is 0 Å². The van der Waals surface area contributed by atoms with E-state index >= 15 is 0 Å². The van der Waals surface area contributed by atoms with E-state index in [-0.39, 0.29) is 28.6 Å². The molecule has 1 amide bonds. The van der Waals surface area contributed by atoms with Crippen molar-refractivity contribution < 1.29 is 14.4 Å². The van der Waals surface area contributed by atoms with Gasteiger partial charge in [-0.1, -0.05) is 26.8 Å². The number of hydrogen-bond acceptors (Lipinski definition) is 3. The number of allylic oxidation sites excluding steroid dienone is 3. The van der Waals surface area contributed by atoms with Gasteiger partial charge in [0.05, 0.1) is 6.04 Å². The van der Waals surface area contributed by atoms with Crippen LogP contribution in [0, 0.1) is 28.6 Å². The number of carbonyl (C=O) groups is 3. The van der Waals surface area contributed by atoms with E-state index < -0.39 is 0 Å². The topological polar surface area (TPSA) is 63.2 Å². The fourth-order valence-corrected chi connectivity index (χ4v) is 6.49. The maximum Gasteiger partial charge on any atom is 0.220 e. The minimum absolute atomic E-state index is 0.0170. The lowest BCUT2D eigenvalue weighted by atomic mass is 9.47. The van der Waals surface area contributed by atoms with Crippen molar-refractivity contribution in [3.05, 3.63) is 23.8 Å². The highest BCUT2D eigenvalue weighted by Crippen LogP contribution is 2.63. The lowest BCUT2D eigenvalue weighted by molar-refractivity contribution is -0.132. The molecule has 0 spiro atoms. The number of rotatable bonds is 2. The molecular weight excluding hydrogens is 326 g/mol. The van der Waals surface area contributed by atoms with E-state index in [9.17, 15) is 14.4 Å². The van der Waals surface area contributed by atoms with E-state index in [2.05, 4.69) is 25.2 Å². The number of ketones is 2. The molecule has 4 nitrogen and oxygen atoms in total. The second-order valence-corrected chi connectivity index (χ2v) is 9.12. The van der Waals surface area contributed by atoms with E-state index in [0.717, 1.165) is 31.3 Å². The van der Waals surface area contributed by atoms with Crippen LogP contribution in [0.3, 0.4) is 0 Å². The van der Waals surface area contributed by atoms with E-state index in [1.54, 1.807) is 12.2 Å². The van der Waals surface area contributed by atoms with E-state index in [1.165, 1.54) is 0 Å². The molecular formula is C22H29NO3. The first-order valence-corrected chi connectivity index (χ1v) is 10.1. The third kappa shape index (κ3) is 2.37. The Kier molecular flexibility index (Phi) is 4.01. The zero-order valence-corrected chi connectivity index (χ0v) is 16.0. The highest BCUT2D eigenvalue weighted by molar-refractivity contribution is 6.01.